The van der Waals surface area contributed by atoms with Crippen molar-refractivity contribution < 1.29 is 5.11 Å². The fourth-order valence-corrected chi connectivity index (χ4v) is 1.51. The maximum atomic E-state index is 9.58. The van der Waals surface area contributed by atoms with Crippen molar-refractivity contribution in [1.29, 1.82) is 0 Å². The predicted octanol–water partition coefficient (Wildman–Crippen LogP) is 2.33. The predicted molar refractivity (Wildman–Crippen MR) is 55.3 cm³/mol. The third kappa shape index (κ3) is 2.36. The summed E-state index contributed by atoms with van der Waals surface area (Å²) in [4.78, 5) is 0. The van der Waals surface area contributed by atoms with E-state index in [4.69, 9.17) is 11.6 Å². The van der Waals surface area contributed by atoms with Crippen LogP contribution in [0.25, 0.3) is 0 Å². The third-order valence-corrected chi connectivity index (χ3v) is 2.27. The van der Waals surface area contributed by atoms with Gasteiger partial charge in [-0.3, -0.25) is 0 Å². The minimum absolute atomic E-state index is 0.188. The molecule has 1 rings (SSSR count). The Bertz CT molecular complexity index is 299. The number of aromatic hydroxyl groups is 1. The summed E-state index contributed by atoms with van der Waals surface area (Å²) in [6.45, 7) is 2.70. The number of rotatable bonds is 3. The molecule has 3 heteroatoms. The quantitative estimate of drug-likeness (QED) is 0.783. The maximum absolute atomic E-state index is 9.58. The van der Waals surface area contributed by atoms with Crippen LogP contribution in [0.2, 0.25) is 5.02 Å². The minimum atomic E-state index is 0.188. The molecule has 0 bridgehead atoms. The van der Waals surface area contributed by atoms with Crippen molar-refractivity contribution in [1.82, 2.24) is 5.32 Å². The molecule has 0 aliphatic heterocycles. The Morgan fingerprint density at radius 1 is 1.46 bits per heavy atom. The molecular weight excluding hydrogens is 186 g/mol. The van der Waals surface area contributed by atoms with Gasteiger partial charge in [0.15, 0.2) is 0 Å². The summed E-state index contributed by atoms with van der Waals surface area (Å²) in [6.07, 6.45) is 0.927. The molecule has 0 aromatic heterocycles. The van der Waals surface area contributed by atoms with Gasteiger partial charge in [0, 0.05) is 12.1 Å². The van der Waals surface area contributed by atoms with Crippen molar-refractivity contribution >= 4 is 11.6 Å². The van der Waals surface area contributed by atoms with Gasteiger partial charge in [0.05, 0.1) is 5.02 Å². The van der Waals surface area contributed by atoms with Crippen LogP contribution in [0.1, 0.15) is 18.1 Å². The number of aryl methyl sites for hydroxylation is 1. The van der Waals surface area contributed by atoms with Gasteiger partial charge in [0.1, 0.15) is 5.75 Å². The van der Waals surface area contributed by atoms with Crippen LogP contribution in [0.3, 0.4) is 0 Å². The van der Waals surface area contributed by atoms with Gasteiger partial charge < -0.3 is 10.4 Å². The number of halogens is 1. The molecule has 0 fully saturated rings. The number of phenolic OH excluding ortho intramolecular Hbond substituents is 1. The zero-order valence-electron chi connectivity index (χ0n) is 7.89. The van der Waals surface area contributed by atoms with Crippen LogP contribution in [-0.2, 0) is 13.0 Å². The van der Waals surface area contributed by atoms with Gasteiger partial charge in [-0.05, 0) is 25.1 Å². The summed E-state index contributed by atoms with van der Waals surface area (Å²) in [5, 5.41) is 13.0. The molecule has 2 N–H and O–H groups in total. The van der Waals surface area contributed by atoms with E-state index in [1.54, 1.807) is 6.07 Å². The summed E-state index contributed by atoms with van der Waals surface area (Å²) in [5.74, 6) is 0.188. The Hall–Kier alpha value is -0.730. The van der Waals surface area contributed by atoms with E-state index in [-0.39, 0.29) is 5.75 Å². The fourth-order valence-electron chi connectivity index (χ4n) is 1.25. The minimum Gasteiger partial charge on any atom is -0.506 e. The number of phenols is 1. The molecule has 0 saturated carbocycles. The molecule has 13 heavy (non-hydrogen) atoms. The van der Waals surface area contributed by atoms with E-state index in [1.165, 1.54) is 0 Å². The van der Waals surface area contributed by atoms with Crippen molar-refractivity contribution in [3.05, 3.63) is 28.3 Å². The molecule has 0 saturated heterocycles. The summed E-state index contributed by atoms with van der Waals surface area (Å²) >= 11 is 5.86. The zero-order chi connectivity index (χ0) is 9.84. The van der Waals surface area contributed by atoms with Gasteiger partial charge in [-0.2, -0.15) is 0 Å². The van der Waals surface area contributed by atoms with Gasteiger partial charge in [-0.25, -0.2) is 0 Å². The van der Waals surface area contributed by atoms with Crippen molar-refractivity contribution in [3.63, 3.8) is 0 Å². The average molecular weight is 200 g/mol. The first-order valence-electron chi connectivity index (χ1n) is 4.34. The SMILES string of the molecule is CCc1cc(Cl)c(O)c(CNC)c1. The van der Waals surface area contributed by atoms with E-state index in [0.29, 0.717) is 11.6 Å². The monoisotopic (exact) mass is 199 g/mol. The van der Waals surface area contributed by atoms with Gasteiger partial charge in [0.25, 0.3) is 0 Å². The fraction of sp³-hybridized carbons (Fsp3) is 0.400. The molecule has 0 aliphatic carbocycles. The molecule has 0 unspecified atom stereocenters. The van der Waals surface area contributed by atoms with E-state index in [2.05, 4.69) is 12.2 Å². The summed E-state index contributed by atoms with van der Waals surface area (Å²) < 4.78 is 0. The van der Waals surface area contributed by atoms with Gasteiger partial charge in [-0.1, -0.05) is 24.6 Å². The van der Waals surface area contributed by atoms with Crippen LogP contribution >= 0.6 is 11.6 Å². The van der Waals surface area contributed by atoms with Crippen LogP contribution in [-0.4, -0.2) is 12.2 Å². The highest BCUT2D eigenvalue weighted by molar-refractivity contribution is 6.32. The first-order valence-corrected chi connectivity index (χ1v) is 4.71. The van der Waals surface area contributed by atoms with E-state index in [1.807, 2.05) is 13.1 Å². The van der Waals surface area contributed by atoms with Crippen LogP contribution < -0.4 is 5.32 Å². The summed E-state index contributed by atoms with van der Waals surface area (Å²) in [7, 11) is 1.84. The highest BCUT2D eigenvalue weighted by atomic mass is 35.5. The Labute approximate surface area is 83.5 Å². The van der Waals surface area contributed by atoms with Gasteiger partial charge >= 0.3 is 0 Å². The number of hydrogen-bond donors (Lipinski definition) is 2. The highest BCUT2D eigenvalue weighted by Crippen LogP contribution is 2.29. The average Bonchev–Trinajstić information content (AvgIpc) is 2.13. The van der Waals surface area contributed by atoms with Crippen LogP contribution in [0.15, 0.2) is 12.1 Å². The third-order valence-electron chi connectivity index (χ3n) is 1.98. The zero-order valence-corrected chi connectivity index (χ0v) is 8.65. The number of benzene rings is 1. The molecule has 2 nitrogen and oxygen atoms in total. The lowest BCUT2D eigenvalue weighted by Gasteiger charge is -2.08. The molecule has 0 amide bonds. The molecule has 72 valence electrons. The Morgan fingerprint density at radius 2 is 2.15 bits per heavy atom. The van der Waals surface area contributed by atoms with Crippen LogP contribution in [0.4, 0.5) is 0 Å². The Balaban J connectivity index is 3.09. The number of nitrogens with one attached hydrogen (secondary N) is 1. The Morgan fingerprint density at radius 3 is 2.69 bits per heavy atom. The molecule has 1 aromatic rings. The number of hydrogen-bond acceptors (Lipinski definition) is 2. The topological polar surface area (TPSA) is 32.3 Å². The molecule has 0 spiro atoms. The summed E-state index contributed by atoms with van der Waals surface area (Å²) in [6, 6.07) is 3.77. The lowest BCUT2D eigenvalue weighted by atomic mass is 10.1. The summed E-state index contributed by atoms with van der Waals surface area (Å²) in [5.41, 5.74) is 2.00. The molecule has 0 aliphatic rings. The Kier molecular flexibility index (Phi) is 3.58. The van der Waals surface area contributed by atoms with Crippen molar-refractivity contribution in [2.24, 2.45) is 0 Å². The maximum Gasteiger partial charge on any atom is 0.138 e. The van der Waals surface area contributed by atoms with Gasteiger partial charge in [0.2, 0.25) is 0 Å². The second-order valence-corrected chi connectivity index (χ2v) is 3.38. The van der Waals surface area contributed by atoms with E-state index < -0.39 is 0 Å². The van der Waals surface area contributed by atoms with Crippen molar-refractivity contribution in [3.8, 4) is 5.75 Å². The molecule has 0 radical (unpaired) electrons. The molecule has 1 aromatic carbocycles. The van der Waals surface area contributed by atoms with Crippen molar-refractivity contribution in [2.75, 3.05) is 7.05 Å². The first kappa shape index (κ1) is 10.4. The lowest BCUT2D eigenvalue weighted by molar-refractivity contribution is 0.466. The second kappa shape index (κ2) is 4.49. The van der Waals surface area contributed by atoms with Gasteiger partial charge in [-0.15, -0.1) is 0 Å². The normalized spacial score (nSPS) is 10.4. The van der Waals surface area contributed by atoms with E-state index in [9.17, 15) is 5.11 Å². The first-order chi connectivity index (χ1) is 6.19. The molecule has 0 atom stereocenters. The highest BCUT2D eigenvalue weighted by Gasteiger charge is 2.06. The largest absolute Gasteiger partial charge is 0.506 e. The van der Waals surface area contributed by atoms with E-state index >= 15 is 0 Å². The molecular formula is C10H14ClNO. The standard InChI is InChI=1S/C10H14ClNO/c1-3-7-4-8(6-12-2)10(13)9(11)5-7/h4-5,12-13H,3,6H2,1-2H3. The lowest BCUT2D eigenvalue weighted by Crippen LogP contribution is -2.05. The second-order valence-electron chi connectivity index (χ2n) is 2.97. The van der Waals surface area contributed by atoms with Crippen LogP contribution in [0, 0.1) is 0 Å². The smallest absolute Gasteiger partial charge is 0.138 e. The van der Waals surface area contributed by atoms with Crippen molar-refractivity contribution in [2.45, 2.75) is 19.9 Å². The van der Waals surface area contributed by atoms with E-state index in [0.717, 1.165) is 17.5 Å². The molecule has 0 heterocycles. The van der Waals surface area contributed by atoms with Crippen LogP contribution in [0.5, 0.6) is 5.75 Å².